The summed E-state index contributed by atoms with van der Waals surface area (Å²) in [4.78, 5) is 11.8. The van der Waals surface area contributed by atoms with Gasteiger partial charge in [-0.1, -0.05) is 24.8 Å². The molecule has 5 heteroatoms. The number of amides is 2. The lowest BCUT2D eigenvalue weighted by atomic mass is 10.1. The van der Waals surface area contributed by atoms with Crippen LogP contribution in [0.1, 0.15) is 11.1 Å². The van der Waals surface area contributed by atoms with Crippen LogP contribution in [0.25, 0.3) is 6.08 Å². The molecule has 2 amide bonds. The molecule has 0 spiro atoms. The van der Waals surface area contributed by atoms with Crippen molar-refractivity contribution in [3.05, 3.63) is 35.9 Å². The first kappa shape index (κ1) is 14.2. The third kappa shape index (κ3) is 3.32. The molecule has 1 aromatic rings. The van der Waals surface area contributed by atoms with Crippen LogP contribution in [0.5, 0.6) is 0 Å². The lowest BCUT2D eigenvalue weighted by Crippen LogP contribution is -2.40. The van der Waals surface area contributed by atoms with E-state index in [0.717, 1.165) is 16.8 Å². The molecule has 0 aromatic heterocycles. The molecule has 0 radical (unpaired) electrons. The summed E-state index contributed by atoms with van der Waals surface area (Å²) in [6.07, 6.45) is 1.74. The van der Waals surface area contributed by atoms with Crippen molar-refractivity contribution >= 4 is 17.8 Å². The number of rotatable bonds is 5. The Morgan fingerprint density at radius 1 is 1.56 bits per heavy atom. The number of nitrogens with zero attached hydrogens (tertiary/aromatic N) is 1. The molecule has 0 aliphatic heterocycles. The van der Waals surface area contributed by atoms with E-state index in [1.165, 1.54) is 5.01 Å². The number of methoxy groups -OCH3 is 1. The molecule has 0 aliphatic carbocycles. The van der Waals surface area contributed by atoms with Gasteiger partial charge in [0.1, 0.15) is 0 Å². The van der Waals surface area contributed by atoms with Crippen molar-refractivity contribution in [2.75, 3.05) is 26.5 Å². The first-order chi connectivity index (χ1) is 8.63. The topological polar surface area (TPSA) is 53.6 Å². The third-order valence-electron chi connectivity index (χ3n) is 2.60. The Kier molecular flexibility index (Phi) is 5.35. The molecular weight excluding hydrogens is 230 g/mol. The van der Waals surface area contributed by atoms with E-state index >= 15 is 0 Å². The zero-order valence-corrected chi connectivity index (χ0v) is 11.0. The van der Waals surface area contributed by atoms with Gasteiger partial charge in [-0.25, -0.2) is 10.2 Å². The smallest absolute Gasteiger partial charge is 0.335 e. The van der Waals surface area contributed by atoms with Crippen molar-refractivity contribution in [1.29, 1.82) is 0 Å². The molecule has 0 bridgehead atoms. The minimum absolute atomic E-state index is 0.240. The quantitative estimate of drug-likeness (QED) is 0.785. The monoisotopic (exact) mass is 249 g/mol. The van der Waals surface area contributed by atoms with Gasteiger partial charge in [-0.15, -0.1) is 0 Å². The molecule has 18 heavy (non-hydrogen) atoms. The Morgan fingerprint density at radius 3 is 2.83 bits per heavy atom. The van der Waals surface area contributed by atoms with E-state index in [1.807, 2.05) is 18.2 Å². The number of hydrogen-bond acceptors (Lipinski definition) is 3. The summed E-state index contributed by atoms with van der Waals surface area (Å²) in [6, 6.07) is 5.39. The average Bonchev–Trinajstić information content (AvgIpc) is 2.39. The van der Waals surface area contributed by atoms with Crippen LogP contribution < -0.4 is 10.7 Å². The van der Waals surface area contributed by atoms with Crippen LogP contribution in [0.4, 0.5) is 10.5 Å². The molecule has 0 unspecified atom stereocenters. The summed E-state index contributed by atoms with van der Waals surface area (Å²) >= 11 is 0. The van der Waals surface area contributed by atoms with Crippen LogP contribution in [0.3, 0.4) is 0 Å². The summed E-state index contributed by atoms with van der Waals surface area (Å²) < 4.78 is 5.15. The fourth-order valence-corrected chi connectivity index (χ4v) is 1.52. The second-order valence-electron chi connectivity index (χ2n) is 3.72. The molecule has 0 saturated heterocycles. The van der Waals surface area contributed by atoms with E-state index in [9.17, 15) is 4.79 Å². The number of carbonyl (C=O) groups is 1. The van der Waals surface area contributed by atoms with Gasteiger partial charge >= 0.3 is 6.03 Å². The number of carbonyl (C=O) groups excluding carboxylic acids is 1. The van der Waals surface area contributed by atoms with Crippen molar-refractivity contribution < 1.29 is 9.53 Å². The van der Waals surface area contributed by atoms with Crippen LogP contribution in [0, 0.1) is 0 Å². The molecule has 0 heterocycles. The second-order valence-corrected chi connectivity index (χ2v) is 3.72. The summed E-state index contributed by atoms with van der Waals surface area (Å²) in [6.45, 7) is 4.17. The van der Waals surface area contributed by atoms with Crippen LogP contribution in [0.15, 0.2) is 24.8 Å². The number of hydrogen-bond donors (Lipinski definition) is 2. The van der Waals surface area contributed by atoms with Crippen LogP contribution >= 0.6 is 0 Å². The molecule has 5 nitrogen and oxygen atoms in total. The van der Waals surface area contributed by atoms with Gasteiger partial charge in [0, 0.05) is 32.5 Å². The molecule has 2 N–H and O–H groups in total. The lowest BCUT2D eigenvalue weighted by Gasteiger charge is -2.18. The first-order valence-corrected chi connectivity index (χ1v) is 5.59. The SMILES string of the molecule is C=Cc1cccc(NC(=O)N(C)NC)c1COC. The maximum absolute atomic E-state index is 11.8. The predicted octanol–water partition coefficient (Wildman–Crippen LogP) is 2.07. The molecule has 98 valence electrons. The van der Waals surface area contributed by atoms with E-state index in [4.69, 9.17) is 4.74 Å². The van der Waals surface area contributed by atoms with E-state index < -0.39 is 0 Å². The zero-order chi connectivity index (χ0) is 13.5. The first-order valence-electron chi connectivity index (χ1n) is 5.59. The number of hydrazine groups is 1. The van der Waals surface area contributed by atoms with Crippen molar-refractivity contribution in [3.63, 3.8) is 0 Å². The Balaban J connectivity index is 3.00. The van der Waals surface area contributed by atoms with E-state index in [-0.39, 0.29) is 6.03 Å². The van der Waals surface area contributed by atoms with Gasteiger partial charge in [0.2, 0.25) is 0 Å². The highest BCUT2D eigenvalue weighted by atomic mass is 16.5. The van der Waals surface area contributed by atoms with Crippen molar-refractivity contribution in [2.45, 2.75) is 6.61 Å². The van der Waals surface area contributed by atoms with E-state index in [1.54, 1.807) is 27.3 Å². The van der Waals surface area contributed by atoms with Gasteiger partial charge < -0.3 is 10.1 Å². The minimum atomic E-state index is -0.240. The lowest BCUT2D eigenvalue weighted by molar-refractivity contribution is 0.185. The van der Waals surface area contributed by atoms with Crippen molar-refractivity contribution in [2.24, 2.45) is 0 Å². The maximum atomic E-state index is 11.8. The fraction of sp³-hybridized carbons (Fsp3) is 0.308. The minimum Gasteiger partial charge on any atom is -0.380 e. The van der Waals surface area contributed by atoms with Gasteiger partial charge in [-0.3, -0.25) is 5.01 Å². The summed E-state index contributed by atoms with van der Waals surface area (Å²) in [5, 5.41) is 4.18. The third-order valence-corrected chi connectivity index (χ3v) is 2.60. The summed E-state index contributed by atoms with van der Waals surface area (Å²) in [7, 11) is 4.93. The molecule has 0 atom stereocenters. The van der Waals surface area contributed by atoms with Gasteiger partial charge in [0.15, 0.2) is 0 Å². The van der Waals surface area contributed by atoms with Crippen LogP contribution in [-0.2, 0) is 11.3 Å². The van der Waals surface area contributed by atoms with Crippen molar-refractivity contribution in [1.82, 2.24) is 10.4 Å². The Hall–Kier alpha value is -1.85. The number of ether oxygens (including phenoxy) is 1. The fourth-order valence-electron chi connectivity index (χ4n) is 1.52. The number of benzene rings is 1. The zero-order valence-electron chi connectivity index (χ0n) is 11.0. The Bertz CT molecular complexity index is 432. The van der Waals surface area contributed by atoms with E-state index in [2.05, 4.69) is 17.3 Å². The maximum Gasteiger partial charge on any atom is 0.335 e. The standard InChI is InChI=1S/C13H19N3O2/c1-5-10-7-6-8-12(11(10)9-18-4)15-13(17)16(3)14-2/h5-8,14H,1,9H2,2-4H3,(H,15,17). The number of anilines is 1. The molecular formula is C13H19N3O2. The van der Waals surface area contributed by atoms with Gasteiger partial charge in [-0.2, -0.15) is 0 Å². The number of nitrogens with one attached hydrogen (secondary N) is 2. The molecule has 0 aliphatic rings. The average molecular weight is 249 g/mol. The predicted molar refractivity (Wildman–Crippen MR) is 73.1 cm³/mol. The molecule has 0 saturated carbocycles. The second kappa shape index (κ2) is 6.78. The van der Waals surface area contributed by atoms with Gasteiger partial charge in [-0.05, 0) is 11.6 Å². The largest absolute Gasteiger partial charge is 0.380 e. The Morgan fingerprint density at radius 2 is 2.28 bits per heavy atom. The highest BCUT2D eigenvalue weighted by Gasteiger charge is 2.11. The summed E-state index contributed by atoms with van der Waals surface area (Å²) in [5.41, 5.74) is 5.31. The number of urea groups is 1. The molecule has 1 aromatic carbocycles. The Labute approximate surface area is 107 Å². The molecule has 0 fully saturated rings. The summed E-state index contributed by atoms with van der Waals surface area (Å²) in [5.74, 6) is 0. The van der Waals surface area contributed by atoms with Crippen molar-refractivity contribution in [3.8, 4) is 0 Å². The van der Waals surface area contributed by atoms with Gasteiger partial charge in [0.05, 0.1) is 6.61 Å². The normalized spacial score (nSPS) is 9.94. The van der Waals surface area contributed by atoms with Gasteiger partial charge in [0.25, 0.3) is 0 Å². The highest BCUT2D eigenvalue weighted by Crippen LogP contribution is 2.22. The van der Waals surface area contributed by atoms with E-state index in [0.29, 0.717) is 6.61 Å². The molecule has 1 rings (SSSR count). The van der Waals surface area contributed by atoms with Crippen LogP contribution in [0.2, 0.25) is 0 Å². The highest BCUT2D eigenvalue weighted by molar-refractivity contribution is 5.90. The van der Waals surface area contributed by atoms with Crippen LogP contribution in [-0.4, -0.2) is 32.2 Å².